The van der Waals surface area contributed by atoms with Gasteiger partial charge in [0.25, 0.3) is 0 Å². The standard InChI is InChI=1S/C13H17N3OS/c1-10-11(9-15-16-10)8-14-13(17)6-2-4-12-5-3-7-18-12/h3,5,7,9H,2,4,6,8H2,1H3,(H,14,17)(H,15,16). The number of aromatic amines is 1. The molecule has 0 saturated heterocycles. The number of amides is 1. The number of carbonyl (C=O) groups excluding carboxylic acids is 1. The maximum atomic E-state index is 11.6. The second-order valence-corrected chi connectivity index (χ2v) is 5.26. The monoisotopic (exact) mass is 263 g/mol. The van der Waals surface area contributed by atoms with Crippen molar-refractivity contribution >= 4 is 17.2 Å². The quantitative estimate of drug-likeness (QED) is 0.841. The van der Waals surface area contributed by atoms with Crippen molar-refractivity contribution in [1.82, 2.24) is 15.5 Å². The van der Waals surface area contributed by atoms with Crippen LogP contribution >= 0.6 is 11.3 Å². The first kappa shape index (κ1) is 12.8. The number of aryl methyl sites for hydroxylation is 2. The highest BCUT2D eigenvalue weighted by Crippen LogP contribution is 2.11. The van der Waals surface area contributed by atoms with Gasteiger partial charge in [-0.1, -0.05) is 6.07 Å². The molecular weight excluding hydrogens is 246 g/mol. The van der Waals surface area contributed by atoms with Gasteiger partial charge in [-0.15, -0.1) is 11.3 Å². The first-order valence-corrected chi connectivity index (χ1v) is 6.91. The van der Waals surface area contributed by atoms with Gasteiger partial charge in [0.15, 0.2) is 0 Å². The molecule has 5 heteroatoms. The summed E-state index contributed by atoms with van der Waals surface area (Å²) in [5.41, 5.74) is 2.05. The molecule has 0 fully saturated rings. The van der Waals surface area contributed by atoms with Crippen LogP contribution < -0.4 is 5.32 Å². The van der Waals surface area contributed by atoms with Gasteiger partial charge in [-0.3, -0.25) is 9.89 Å². The Morgan fingerprint density at radius 2 is 2.44 bits per heavy atom. The highest BCUT2D eigenvalue weighted by Gasteiger charge is 2.04. The van der Waals surface area contributed by atoms with Crippen molar-refractivity contribution in [3.63, 3.8) is 0 Å². The Morgan fingerprint density at radius 1 is 1.56 bits per heavy atom. The smallest absolute Gasteiger partial charge is 0.220 e. The van der Waals surface area contributed by atoms with Crippen LogP contribution in [-0.2, 0) is 17.8 Å². The normalized spacial score (nSPS) is 10.5. The summed E-state index contributed by atoms with van der Waals surface area (Å²) in [6, 6.07) is 4.15. The molecule has 2 aromatic heterocycles. The number of H-pyrrole nitrogens is 1. The van der Waals surface area contributed by atoms with Gasteiger partial charge < -0.3 is 5.32 Å². The summed E-state index contributed by atoms with van der Waals surface area (Å²) in [6.07, 6.45) is 4.21. The number of rotatable bonds is 6. The lowest BCUT2D eigenvalue weighted by atomic mass is 10.2. The Labute approximate surface area is 110 Å². The highest BCUT2D eigenvalue weighted by atomic mass is 32.1. The summed E-state index contributed by atoms with van der Waals surface area (Å²) >= 11 is 1.74. The van der Waals surface area contributed by atoms with E-state index in [0.29, 0.717) is 13.0 Å². The van der Waals surface area contributed by atoms with Gasteiger partial charge in [-0.25, -0.2) is 0 Å². The zero-order chi connectivity index (χ0) is 12.8. The van der Waals surface area contributed by atoms with E-state index in [1.54, 1.807) is 17.5 Å². The van der Waals surface area contributed by atoms with E-state index in [0.717, 1.165) is 24.1 Å². The predicted molar refractivity (Wildman–Crippen MR) is 72.4 cm³/mol. The molecular formula is C13H17N3OS. The maximum absolute atomic E-state index is 11.6. The fraction of sp³-hybridized carbons (Fsp3) is 0.385. The fourth-order valence-corrected chi connectivity index (χ4v) is 2.47. The molecule has 0 saturated carbocycles. The predicted octanol–water partition coefficient (Wildman–Crippen LogP) is 2.42. The van der Waals surface area contributed by atoms with E-state index in [-0.39, 0.29) is 5.91 Å². The van der Waals surface area contributed by atoms with Crippen LogP contribution in [-0.4, -0.2) is 16.1 Å². The molecule has 2 N–H and O–H groups in total. The molecule has 0 aromatic carbocycles. The van der Waals surface area contributed by atoms with E-state index >= 15 is 0 Å². The highest BCUT2D eigenvalue weighted by molar-refractivity contribution is 7.09. The van der Waals surface area contributed by atoms with Gasteiger partial charge >= 0.3 is 0 Å². The van der Waals surface area contributed by atoms with Crippen LogP contribution in [0.2, 0.25) is 0 Å². The third kappa shape index (κ3) is 3.70. The van der Waals surface area contributed by atoms with Crippen LogP contribution in [0.3, 0.4) is 0 Å². The van der Waals surface area contributed by atoms with E-state index in [9.17, 15) is 4.79 Å². The van der Waals surface area contributed by atoms with Crippen LogP contribution in [0.4, 0.5) is 0 Å². The summed E-state index contributed by atoms with van der Waals surface area (Å²) in [5, 5.41) is 11.8. The summed E-state index contributed by atoms with van der Waals surface area (Å²) in [4.78, 5) is 13.0. The molecule has 0 spiro atoms. The van der Waals surface area contributed by atoms with Crippen LogP contribution in [0, 0.1) is 6.92 Å². The largest absolute Gasteiger partial charge is 0.352 e. The summed E-state index contributed by atoms with van der Waals surface area (Å²) in [5.74, 6) is 0.104. The van der Waals surface area contributed by atoms with E-state index in [2.05, 4.69) is 27.0 Å². The van der Waals surface area contributed by atoms with Crippen LogP contribution in [0.25, 0.3) is 0 Å². The lowest BCUT2D eigenvalue weighted by Gasteiger charge is -2.04. The minimum Gasteiger partial charge on any atom is -0.352 e. The Kier molecular flexibility index (Phi) is 4.52. The Morgan fingerprint density at radius 3 is 3.11 bits per heavy atom. The van der Waals surface area contributed by atoms with Crippen molar-refractivity contribution in [2.24, 2.45) is 0 Å². The van der Waals surface area contributed by atoms with Gasteiger partial charge in [0.2, 0.25) is 5.91 Å². The number of carbonyl (C=O) groups is 1. The van der Waals surface area contributed by atoms with Gasteiger partial charge in [-0.2, -0.15) is 5.10 Å². The Bertz CT molecular complexity index is 490. The SMILES string of the molecule is Cc1[nH]ncc1CNC(=O)CCCc1cccs1. The number of nitrogens with one attached hydrogen (secondary N) is 2. The lowest BCUT2D eigenvalue weighted by molar-refractivity contribution is -0.121. The minimum absolute atomic E-state index is 0.104. The van der Waals surface area contributed by atoms with Gasteiger partial charge in [0.1, 0.15) is 0 Å². The lowest BCUT2D eigenvalue weighted by Crippen LogP contribution is -2.22. The average molecular weight is 263 g/mol. The third-order valence-electron chi connectivity index (χ3n) is 2.82. The number of hydrogen-bond donors (Lipinski definition) is 2. The van der Waals surface area contributed by atoms with E-state index in [4.69, 9.17) is 0 Å². The van der Waals surface area contributed by atoms with E-state index in [1.165, 1.54) is 4.88 Å². The van der Waals surface area contributed by atoms with E-state index < -0.39 is 0 Å². The van der Waals surface area contributed by atoms with Crippen LogP contribution in [0.5, 0.6) is 0 Å². The molecule has 2 rings (SSSR count). The molecule has 0 aliphatic rings. The first-order valence-electron chi connectivity index (χ1n) is 6.03. The van der Waals surface area contributed by atoms with Crippen molar-refractivity contribution in [3.8, 4) is 0 Å². The molecule has 4 nitrogen and oxygen atoms in total. The molecule has 0 atom stereocenters. The summed E-state index contributed by atoms with van der Waals surface area (Å²) in [7, 11) is 0. The molecule has 2 aromatic rings. The average Bonchev–Trinajstić information content (AvgIpc) is 2.98. The summed E-state index contributed by atoms with van der Waals surface area (Å²) < 4.78 is 0. The zero-order valence-corrected chi connectivity index (χ0v) is 11.2. The van der Waals surface area contributed by atoms with Crippen molar-refractivity contribution in [2.45, 2.75) is 32.7 Å². The Balaban J connectivity index is 1.65. The van der Waals surface area contributed by atoms with Gasteiger partial charge in [0, 0.05) is 29.1 Å². The molecule has 0 unspecified atom stereocenters. The fourth-order valence-electron chi connectivity index (χ4n) is 1.71. The second-order valence-electron chi connectivity index (χ2n) is 4.23. The molecule has 1 amide bonds. The topological polar surface area (TPSA) is 57.8 Å². The van der Waals surface area contributed by atoms with Gasteiger partial charge in [0.05, 0.1) is 6.20 Å². The molecule has 0 aliphatic heterocycles. The number of aromatic nitrogens is 2. The first-order chi connectivity index (χ1) is 8.75. The van der Waals surface area contributed by atoms with E-state index in [1.807, 2.05) is 13.0 Å². The van der Waals surface area contributed by atoms with Crippen molar-refractivity contribution in [1.29, 1.82) is 0 Å². The molecule has 96 valence electrons. The zero-order valence-electron chi connectivity index (χ0n) is 10.4. The molecule has 0 aliphatic carbocycles. The summed E-state index contributed by atoms with van der Waals surface area (Å²) in [6.45, 7) is 2.51. The second kappa shape index (κ2) is 6.35. The van der Waals surface area contributed by atoms with Crippen molar-refractivity contribution < 1.29 is 4.79 Å². The number of nitrogens with zero attached hydrogens (tertiary/aromatic N) is 1. The minimum atomic E-state index is 0.104. The number of hydrogen-bond acceptors (Lipinski definition) is 3. The molecule has 2 heterocycles. The number of thiophene rings is 1. The molecule has 0 bridgehead atoms. The van der Waals surface area contributed by atoms with Crippen LogP contribution in [0.1, 0.15) is 29.0 Å². The molecule has 0 radical (unpaired) electrons. The Hall–Kier alpha value is -1.62. The van der Waals surface area contributed by atoms with Crippen LogP contribution in [0.15, 0.2) is 23.7 Å². The maximum Gasteiger partial charge on any atom is 0.220 e. The third-order valence-corrected chi connectivity index (χ3v) is 3.75. The van der Waals surface area contributed by atoms with Crippen molar-refractivity contribution in [2.75, 3.05) is 0 Å². The van der Waals surface area contributed by atoms with Crippen molar-refractivity contribution in [3.05, 3.63) is 39.8 Å². The molecule has 18 heavy (non-hydrogen) atoms. The van der Waals surface area contributed by atoms with Gasteiger partial charge in [-0.05, 0) is 31.2 Å².